The Hall–Kier alpha value is -2.66. The molecule has 2 aromatic carbocycles. The number of allylic oxidation sites excluding steroid dienone is 1. The van der Waals surface area contributed by atoms with Crippen LogP contribution in [0, 0.1) is 11.7 Å². The number of fused-ring (bicyclic) bond motifs is 1. The number of piperidine rings is 1. The smallest absolute Gasteiger partial charge is 0.231 e. The molecule has 4 rings (SSSR count). The van der Waals surface area contributed by atoms with Gasteiger partial charge in [-0.25, -0.2) is 4.39 Å². The number of ether oxygens (including phenoxy) is 1. The van der Waals surface area contributed by atoms with Crippen molar-refractivity contribution in [3.05, 3.63) is 64.7 Å². The molecule has 2 aliphatic heterocycles. The molecule has 2 aliphatic rings. The van der Waals surface area contributed by atoms with Gasteiger partial charge in [0, 0.05) is 6.54 Å². The van der Waals surface area contributed by atoms with Crippen molar-refractivity contribution >= 4 is 11.9 Å². The highest BCUT2D eigenvalue weighted by atomic mass is 19.1. The maximum Gasteiger partial charge on any atom is 0.231 e. The molecule has 1 fully saturated rings. The van der Waals surface area contributed by atoms with E-state index in [2.05, 4.69) is 11.8 Å². The summed E-state index contributed by atoms with van der Waals surface area (Å²) in [4.78, 5) is 15.0. The summed E-state index contributed by atoms with van der Waals surface area (Å²) in [6, 6.07) is 9.13. The lowest BCUT2D eigenvalue weighted by Crippen LogP contribution is -2.32. The van der Waals surface area contributed by atoms with Crippen LogP contribution in [-0.4, -0.2) is 28.9 Å². The Morgan fingerprint density at radius 3 is 2.78 bits per heavy atom. The number of benzene rings is 2. The minimum Gasteiger partial charge on any atom is -0.507 e. The Morgan fingerprint density at radius 2 is 2.04 bits per heavy atom. The van der Waals surface area contributed by atoms with Crippen LogP contribution in [0.3, 0.4) is 0 Å². The van der Waals surface area contributed by atoms with Gasteiger partial charge in [0.2, 0.25) is 5.78 Å². The van der Waals surface area contributed by atoms with Crippen molar-refractivity contribution in [2.75, 3.05) is 13.1 Å². The van der Waals surface area contributed by atoms with E-state index < -0.39 is 0 Å². The van der Waals surface area contributed by atoms with Crippen LogP contribution in [0.2, 0.25) is 0 Å². The van der Waals surface area contributed by atoms with E-state index in [0.29, 0.717) is 29.0 Å². The number of likely N-dealkylation sites (tertiary alicyclic amines) is 1. The Labute approximate surface area is 157 Å². The molecule has 5 heteroatoms. The maximum absolute atomic E-state index is 13.4. The molecule has 0 amide bonds. The Kier molecular flexibility index (Phi) is 4.70. The molecule has 0 radical (unpaired) electrons. The van der Waals surface area contributed by atoms with Crippen LogP contribution in [0.4, 0.5) is 4.39 Å². The summed E-state index contributed by atoms with van der Waals surface area (Å²) in [5, 5.41) is 10.4. The van der Waals surface area contributed by atoms with Crippen molar-refractivity contribution in [1.82, 2.24) is 4.90 Å². The molecule has 1 saturated heterocycles. The van der Waals surface area contributed by atoms with E-state index in [-0.39, 0.29) is 23.1 Å². The van der Waals surface area contributed by atoms with Crippen LogP contribution in [0.15, 0.2) is 42.2 Å². The predicted octanol–water partition coefficient (Wildman–Crippen LogP) is 4.38. The highest BCUT2D eigenvalue weighted by Crippen LogP contribution is 2.40. The number of carbonyl (C=O) groups is 1. The van der Waals surface area contributed by atoms with E-state index in [9.17, 15) is 14.3 Å². The average molecular weight is 367 g/mol. The lowest BCUT2D eigenvalue weighted by Gasteiger charge is -2.30. The van der Waals surface area contributed by atoms with E-state index in [1.165, 1.54) is 18.2 Å². The normalized spacial score (nSPS) is 19.3. The van der Waals surface area contributed by atoms with E-state index in [1.807, 2.05) is 0 Å². The first-order valence-electron chi connectivity index (χ1n) is 9.28. The number of phenols is 1. The van der Waals surface area contributed by atoms with Crippen molar-refractivity contribution in [3.8, 4) is 11.5 Å². The number of phenolic OH excluding ortho intramolecular Hbond substituents is 1. The first-order valence-corrected chi connectivity index (χ1v) is 9.28. The third kappa shape index (κ3) is 3.60. The zero-order valence-corrected chi connectivity index (χ0v) is 15.2. The van der Waals surface area contributed by atoms with Gasteiger partial charge < -0.3 is 9.84 Å². The largest absolute Gasteiger partial charge is 0.507 e. The molecule has 0 saturated carbocycles. The van der Waals surface area contributed by atoms with Crippen molar-refractivity contribution in [3.63, 3.8) is 0 Å². The van der Waals surface area contributed by atoms with Crippen LogP contribution < -0.4 is 4.74 Å². The van der Waals surface area contributed by atoms with Gasteiger partial charge in [-0.05, 0) is 67.8 Å². The Morgan fingerprint density at radius 1 is 1.26 bits per heavy atom. The number of hydrogen-bond acceptors (Lipinski definition) is 4. The van der Waals surface area contributed by atoms with Gasteiger partial charge in [-0.1, -0.05) is 19.1 Å². The summed E-state index contributed by atoms with van der Waals surface area (Å²) in [5.41, 5.74) is 1.64. The minimum absolute atomic E-state index is 0.132. The number of hydrogen-bond donors (Lipinski definition) is 1. The maximum atomic E-state index is 13.4. The fourth-order valence-corrected chi connectivity index (χ4v) is 3.64. The number of halogens is 1. The Balaban J connectivity index is 1.63. The molecule has 2 aromatic rings. The number of aromatic hydroxyl groups is 1. The molecule has 4 nitrogen and oxygen atoms in total. The summed E-state index contributed by atoms with van der Waals surface area (Å²) < 4.78 is 19.3. The number of carbonyl (C=O) groups excluding carboxylic acids is 1. The quantitative estimate of drug-likeness (QED) is 0.818. The second-order valence-electron chi connectivity index (χ2n) is 7.39. The Bertz CT molecular complexity index is 914. The SMILES string of the molecule is CC1CCN(Cc2c(O)ccc3c2O/C(=C\c2cccc(F)c2)C3=O)CC1. The second kappa shape index (κ2) is 7.16. The molecule has 1 N–H and O–H groups in total. The van der Waals surface area contributed by atoms with Gasteiger partial charge in [0.1, 0.15) is 17.3 Å². The van der Waals surface area contributed by atoms with Gasteiger partial charge in [-0.15, -0.1) is 0 Å². The predicted molar refractivity (Wildman–Crippen MR) is 101 cm³/mol. The van der Waals surface area contributed by atoms with Gasteiger partial charge in [-0.2, -0.15) is 0 Å². The van der Waals surface area contributed by atoms with E-state index in [0.717, 1.165) is 31.8 Å². The fourth-order valence-electron chi connectivity index (χ4n) is 3.64. The number of rotatable bonds is 3. The summed E-state index contributed by atoms with van der Waals surface area (Å²) in [6.45, 7) is 4.72. The molecule has 0 aliphatic carbocycles. The van der Waals surface area contributed by atoms with Crippen LogP contribution in [0.25, 0.3) is 6.08 Å². The van der Waals surface area contributed by atoms with E-state index in [4.69, 9.17) is 4.74 Å². The van der Waals surface area contributed by atoms with E-state index in [1.54, 1.807) is 24.3 Å². The van der Waals surface area contributed by atoms with Crippen LogP contribution in [-0.2, 0) is 6.54 Å². The summed E-state index contributed by atoms with van der Waals surface area (Å²) in [6.07, 6.45) is 3.79. The first kappa shape index (κ1) is 17.7. The summed E-state index contributed by atoms with van der Waals surface area (Å²) in [7, 11) is 0. The lowest BCUT2D eigenvalue weighted by atomic mass is 9.98. The number of nitrogens with zero attached hydrogens (tertiary/aromatic N) is 1. The van der Waals surface area contributed by atoms with Gasteiger partial charge in [0.25, 0.3) is 0 Å². The average Bonchev–Trinajstić information content (AvgIpc) is 2.95. The zero-order chi connectivity index (χ0) is 19.0. The molecular formula is C22H22FNO3. The molecule has 0 aromatic heterocycles. The molecule has 27 heavy (non-hydrogen) atoms. The first-order chi connectivity index (χ1) is 13.0. The third-order valence-electron chi connectivity index (χ3n) is 5.32. The molecule has 140 valence electrons. The zero-order valence-electron chi connectivity index (χ0n) is 15.2. The van der Waals surface area contributed by atoms with Crippen LogP contribution >= 0.6 is 0 Å². The fraction of sp³-hybridized carbons (Fsp3) is 0.318. The highest BCUT2D eigenvalue weighted by molar-refractivity contribution is 6.15. The molecule has 0 spiro atoms. The van der Waals surface area contributed by atoms with Crippen molar-refractivity contribution < 1.29 is 19.0 Å². The summed E-state index contributed by atoms with van der Waals surface area (Å²) in [5.74, 6) is 0.797. The van der Waals surface area contributed by atoms with Gasteiger partial charge in [0.05, 0.1) is 11.1 Å². The van der Waals surface area contributed by atoms with Crippen molar-refractivity contribution in [2.24, 2.45) is 5.92 Å². The van der Waals surface area contributed by atoms with Gasteiger partial charge in [-0.3, -0.25) is 9.69 Å². The highest BCUT2D eigenvalue weighted by Gasteiger charge is 2.32. The standard InChI is InChI=1S/C22H22FNO3/c1-14-7-9-24(10-8-14)13-18-19(25)6-5-17-21(26)20(27-22(17)18)12-15-3-2-4-16(23)11-15/h2-6,11-12,14,25H,7-10,13H2,1H3/b20-12-. The van der Waals surface area contributed by atoms with Gasteiger partial charge in [0.15, 0.2) is 5.76 Å². The molecule has 0 atom stereocenters. The van der Waals surface area contributed by atoms with Crippen LogP contribution in [0.5, 0.6) is 11.5 Å². The van der Waals surface area contributed by atoms with Crippen molar-refractivity contribution in [1.29, 1.82) is 0 Å². The lowest BCUT2D eigenvalue weighted by molar-refractivity contribution is 0.101. The summed E-state index contributed by atoms with van der Waals surface area (Å²) >= 11 is 0. The molecule has 2 heterocycles. The molecule has 0 bridgehead atoms. The topological polar surface area (TPSA) is 49.8 Å². The number of Topliss-reactive ketones (excluding diaryl/α,β-unsaturated/α-hetero) is 1. The number of ketones is 1. The minimum atomic E-state index is -0.370. The molecule has 0 unspecified atom stereocenters. The van der Waals surface area contributed by atoms with Crippen molar-refractivity contribution in [2.45, 2.75) is 26.3 Å². The van der Waals surface area contributed by atoms with Gasteiger partial charge >= 0.3 is 0 Å². The second-order valence-corrected chi connectivity index (χ2v) is 7.39. The third-order valence-corrected chi connectivity index (χ3v) is 5.32. The molecular weight excluding hydrogens is 345 g/mol. The van der Waals surface area contributed by atoms with Crippen LogP contribution in [0.1, 0.15) is 41.3 Å². The van der Waals surface area contributed by atoms with E-state index >= 15 is 0 Å². The monoisotopic (exact) mass is 367 g/mol.